The lowest BCUT2D eigenvalue weighted by Gasteiger charge is -2.16. The monoisotopic (exact) mass is 584 g/mol. The van der Waals surface area contributed by atoms with Crippen LogP contribution in [0.15, 0.2) is 47.0 Å². The van der Waals surface area contributed by atoms with Crippen molar-refractivity contribution < 1.29 is 28.2 Å². The van der Waals surface area contributed by atoms with E-state index in [0.717, 1.165) is 48.6 Å². The second-order valence-corrected chi connectivity index (χ2v) is 10.7. The molecule has 1 saturated heterocycles. The molecule has 1 unspecified atom stereocenters. The van der Waals surface area contributed by atoms with Crippen molar-refractivity contribution in [2.24, 2.45) is 0 Å². The summed E-state index contributed by atoms with van der Waals surface area (Å²) >= 11 is 0. The Bertz CT molecular complexity index is 1790. The quantitative estimate of drug-likeness (QED) is 0.207. The summed E-state index contributed by atoms with van der Waals surface area (Å²) in [5, 5.41) is 7.05. The van der Waals surface area contributed by atoms with Crippen LogP contribution in [0.3, 0.4) is 0 Å². The van der Waals surface area contributed by atoms with Gasteiger partial charge in [-0.15, -0.1) is 0 Å². The van der Waals surface area contributed by atoms with Gasteiger partial charge in [0.15, 0.2) is 5.58 Å². The smallest absolute Gasteiger partial charge is 0.394 e. The first-order valence-electron chi connectivity index (χ1n) is 14.4. The van der Waals surface area contributed by atoms with Crippen LogP contribution in [0.5, 0.6) is 17.7 Å². The predicted octanol–water partition coefficient (Wildman–Crippen LogP) is 5.37. The van der Waals surface area contributed by atoms with Crippen LogP contribution in [0.1, 0.15) is 42.5 Å². The van der Waals surface area contributed by atoms with E-state index in [9.17, 15) is 4.79 Å². The Labute approximate surface area is 247 Å². The summed E-state index contributed by atoms with van der Waals surface area (Å²) in [4.78, 5) is 30.0. The Morgan fingerprint density at radius 3 is 2.70 bits per heavy atom. The van der Waals surface area contributed by atoms with Gasteiger partial charge in [0.1, 0.15) is 23.0 Å². The first-order chi connectivity index (χ1) is 21.1. The molecule has 2 fully saturated rings. The van der Waals surface area contributed by atoms with Crippen LogP contribution >= 0.6 is 0 Å². The highest BCUT2D eigenvalue weighted by Crippen LogP contribution is 2.38. The number of H-pyrrole nitrogens is 1. The molecule has 2 aliphatic rings. The number of methoxy groups -OCH3 is 2. The van der Waals surface area contributed by atoms with E-state index in [-0.39, 0.29) is 24.1 Å². The third-order valence-electron chi connectivity index (χ3n) is 7.91. The number of fused-ring (bicyclic) bond motifs is 2. The average molecular weight is 585 g/mol. The molecule has 7 rings (SSSR count). The summed E-state index contributed by atoms with van der Waals surface area (Å²) in [7, 11) is 3.08. The third kappa shape index (κ3) is 5.41. The number of nitrogens with zero attached hydrogens (tertiary/aromatic N) is 3. The second kappa shape index (κ2) is 11.4. The van der Waals surface area contributed by atoms with Crippen molar-refractivity contribution in [2.45, 2.75) is 44.2 Å². The molecule has 2 aromatic carbocycles. The van der Waals surface area contributed by atoms with Gasteiger partial charge in [-0.3, -0.25) is 4.79 Å². The fourth-order valence-corrected chi connectivity index (χ4v) is 5.66. The largest absolute Gasteiger partial charge is 0.495 e. The third-order valence-corrected chi connectivity index (χ3v) is 7.91. The number of amides is 1. The molecule has 0 bridgehead atoms. The number of carbonyl (C=O) groups excluding carboxylic acids is 1. The van der Waals surface area contributed by atoms with Crippen LogP contribution < -0.4 is 24.8 Å². The first-order valence-corrected chi connectivity index (χ1v) is 14.4. The van der Waals surface area contributed by atoms with Crippen molar-refractivity contribution in [3.63, 3.8) is 0 Å². The lowest BCUT2D eigenvalue weighted by molar-refractivity contribution is 0.0929. The molecule has 0 radical (unpaired) electrons. The predicted molar refractivity (Wildman–Crippen MR) is 159 cm³/mol. The molecule has 5 aromatic rings. The number of aromatic amines is 1. The second-order valence-electron chi connectivity index (χ2n) is 10.7. The SMILES string of the molecule is COc1nc2ccc(-c3c[nH]c4nc(Nc5ccc(C(=O)NC6CCOC6)cc5OC)nc(OC5CCCC5)c34)cc2o1. The van der Waals surface area contributed by atoms with E-state index in [4.69, 9.17) is 33.3 Å². The number of benzene rings is 2. The van der Waals surface area contributed by atoms with E-state index in [2.05, 4.69) is 20.6 Å². The maximum atomic E-state index is 12.8. The van der Waals surface area contributed by atoms with Gasteiger partial charge in [0.05, 0.1) is 37.9 Å². The fourth-order valence-electron chi connectivity index (χ4n) is 5.66. The number of aromatic nitrogens is 4. The highest BCUT2D eigenvalue weighted by molar-refractivity contribution is 5.99. The van der Waals surface area contributed by atoms with E-state index in [1.54, 1.807) is 25.3 Å². The molecule has 1 aliphatic heterocycles. The molecule has 1 atom stereocenters. The van der Waals surface area contributed by atoms with Crippen molar-refractivity contribution >= 4 is 39.7 Å². The highest BCUT2D eigenvalue weighted by atomic mass is 16.6. The Morgan fingerprint density at radius 1 is 1.02 bits per heavy atom. The van der Waals surface area contributed by atoms with Crippen LogP contribution in [-0.2, 0) is 4.74 Å². The summed E-state index contributed by atoms with van der Waals surface area (Å²) in [5.41, 5.74) is 4.82. The van der Waals surface area contributed by atoms with Crippen LogP contribution in [0.4, 0.5) is 11.6 Å². The standard InChI is InChI=1S/C31H32N6O6/c1-39-24-14-18(28(38)33-19-11-12-41-16-19)8-10-22(24)34-30-36-27-26(29(37-30)42-20-5-3-4-6-20)21(15-32-27)17-7-9-23-25(13-17)43-31(35-23)40-2/h7-10,13-15,19-20H,3-6,11-12,16H2,1-2H3,(H,33,38)(H2,32,34,36,37). The number of hydrogen-bond donors (Lipinski definition) is 3. The van der Waals surface area contributed by atoms with Gasteiger partial charge < -0.3 is 39.0 Å². The van der Waals surface area contributed by atoms with E-state index in [1.807, 2.05) is 24.4 Å². The number of nitrogens with one attached hydrogen (secondary N) is 3. The minimum atomic E-state index is -0.175. The zero-order chi connectivity index (χ0) is 29.3. The van der Waals surface area contributed by atoms with Crippen molar-refractivity contribution in [3.05, 3.63) is 48.2 Å². The number of carbonyl (C=O) groups is 1. The van der Waals surface area contributed by atoms with Crippen molar-refractivity contribution in [1.82, 2.24) is 25.3 Å². The molecule has 43 heavy (non-hydrogen) atoms. The van der Waals surface area contributed by atoms with E-state index in [0.29, 0.717) is 58.8 Å². The van der Waals surface area contributed by atoms with Crippen LogP contribution in [-0.4, -0.2) is 65.4 Å². The van der Waals surface area contributed by atoms with Crippen LogP contribution in [0.2, 0.25) is 0 Å². The van der Waals surface area contributed by atoms with Crippen LogP contribution in [0, 0.1) is 0 Å². The van der Waals surface area contributed by atoms with E-state index >= 15 is 0 Å². The Kier molecular flexibility index (Phi) is 7.19. The summed E-state index contributed by atoms with van der Waals surface area (Å²) in [5.74, 6) is 1.13. The van der Waals surface area contributed by atoms with Gasteiger partial charge in [-0.2, -0.15) is 15.0 Å². The molecule has 222 valence electrons. The van der Waals surface area contributed by atoms with E-state index < -0.39 is 0 Å². The molecule has 12 nitrogen and oxygen atoms in total. The number of anilines is 2. The molecule has 1 saturated carbocycles. The molecule has 1 aliphatic carbocycles. The van der Waals surface area contributed by atoms with Gasteiger partial charge in [0.2, 0.25) is 11.8 Å². The number of oxazole rings is 1. The maximum Gasteiger partial charge on any atom is 0.394 e. The Morgan fingerprint density at radius 2 is 1.91 bits per heavy atom. The van der Waals surface area contributed by atoms with Crippen molar-refractivity contribution in [3.8, 4) is 28.8 Å². The minimum Gasteiger partial charge on any atom is -0.495 e. The minimum absolute atomic E-state index is 0.0147. The highest BCUT2D eigenvalue weighted by Gasteiger charge is 2.24. The van der Waals surface area contributed by atoms with E-state index in [1.165, 1.54) is 7.11 Å². The molecule has 4 heterocycles. The summed E-state index contributed by atoms with van der Waals surface area (Å²) in [6.07, 6.45) is 7.18. The molecular formula is C31H32N6O6. The van der Waals surface area contributed by atoms with Crippen molar-refractivity contribution in [2.75, 3.05) is 32.8 Å². The average Bonchev–Trinajstić information content (AvgIpc) is 3.84. The lowest BCUT2D eigenvalue weighted by atomic mass is 10.1. The molecule has 3 aromatic heterocycles. The van der Waals surface area contributed by atoms with Gasteiger partial charge >= 0.3 is 6.08 Å². The van der Waals surface area contributed by atoms with Gasteiger partial charge in [-0.05, 0) is 68.0 Å². The van der Waals surface area contributed by atoms with Gasteiger partial charge in [-0.1, -0.05) is 6.07 Å². The normalized spacial score (nSPS) is 17.0. The van der Waals surface area contributed by atoms with Gasteiger partial charge in [0, 0.05) is 23.9 Å². The molecule has 12 heteroatoms. The van der Waals surface area contributed by atoms with Gasteiger partial charge in [-0.25, -0.2) is 0 Å². The molecule has 1 amide bonds. The number of rotatable bonds is 9. The van der Waals surface area contributed by atoms with Crippen molar-refractivity contribution in [1.29, 1.82) is 0 Å². The summed E-state index contributed by atoms with van der Waals surface area (Å²) in [6, 6.07) is 11.0. The zero-order valence-corrected chi connectivity index (χ0v) is 23.9. The lowest BCUT2D eigenvalue weighted by Crippen LogP contribution is -2.34. The summed E-state index contributed by atoms with van der Waals surface area (Å²) in [6.45, 7) is 1.18. The van der Waals surface area contributed by atoms with Crippen LogP contribution in [0.25, 0.3) is 33.3 Å². The summed E-state index contributed by atoms with van der Waals surface area (Å²) < 4.78 is 28.4. The maximum absolute atomic E-state index is 12.8. The first kappa shape index (κ1) is 27.0. The molecule has 0 spiro atoms. The Hall–Kier alpha value is -4.84. The molecular weight excluding hydrogens is 552 g/mol. The topological polar surface area (TPSA) is 146 Å². The Balaban J connectivity index is 1.22. The van der Waals surface area contributed by atoms with Gasteiger partial charge in [0.25, 0.3) is 5.91 Å². The fraction of sp³-hybridized carbons (Fsp3) is 0.355. The molecule has 3 N–H and O–H groups in total. The number of ether oxygens (including phenoxy) is 4. The zero-order valence-electron chi connectivity index (χ0n) is 23.9. The number of hydrogen-bond acceptors (Lipinski definition) is 10.